The van der Waals surface area contributed by atoms with Gasteiger partial charge in [-0.15, -0.1) is 0 Å². The molecule has 1 amide bonds. The predicted molar refractivity (Wildman–Crippen MR) is 99.5 cm³/mol. The zero-order chi connectivity index (χ0) is 17.0. The van der Waals surface area contributed by atoms with E-state index in [-0.39, 0.29) is 5.91 Å². The van der Waals surface area contributed by atoms with E-state index >= 15 is 0 Å². The number of pyridine rings is 1. The molecule has 2 heterocycles. The lowest BCUT2D eigenvalue weighted by Crippen LogP contribution is -2.22. The molecule has 7 heteroatoms. The van der Waals surface area contributed by atoms with E-state index in [1.54, 1.807) is 6.20 Å². The van der Waals surface area contributed by atoms with Crippen LogP contribution >= 0.6 is 15.9 Å². The number of aromatic nitrogens is 2. The van der Waals surface area contributed by atoms with Crippen molar-refractivity contribution in [2.24, 2.45) is 0 Å². The average molecular weight is 398 g/mol. The summed E-state index contributed by atoms with van der Waals surface area (Å²) in [5, 5.41) is 3.68. The molecule has 0 aliphatic carbocycles. The second-order valence-electron chi connectivity index (χ2n) is 6.74. The summed E-state index contributed by atoms with van der Waals surface area (Å²) in [6, 6.07) is 3.04. The summed E-state index contributed by atoms with van der Waals surface area (Å²) in [5.74, 6) is -0.0850. The lowest BCUT2D eigenvalue weighted by Gasteiger charge is -2.15. The van der Waals surface area contributed by atoms with Crippen molar-refractivity contribution in [2.45, 2.75) is 39.3 Å². The molecule has 1 N–H and O–H groups in total. The van der Waals surface area contributed by atoms with Crippen LogP contribution in [0.15, 0.2) is 22.9 Å². The molecule has 0 radical (unpaired) electrons. The quantitative estimate of drug-likeness (QED) is 0.569. The van der Waals surface area contributed by atoms with Crippen molar-refractivity contribution in [2.75, 3.05) is 13.2 Å². The van der Waals surface area contributed by atoms with Gasteiger partial charge in [-0.05, 0) is 35.0 Å². The lowest BCUT2D eigenvalue weighted by molar-refractivity contribution is 0.0892. The van der Waals surface area contributed by atoms with Crippen molar-refractivity contribution in [1.29, 1.82) is 0 Å². The minimum Gasteiger partial charge on any atom is -0.361 e. The highest BCUT2D eigenvalue weighted by molar-refractivity contribution is 9.10. The van der Waals surface area contributed by atoms with Gasteiger partial charge in [-0.2, -0.15) is 0 Å². The van der Waals surface area contributed by atoms with Crippen LogP contribution in [0.3, 0.4) is 0 Å². The maximum atomic E-state index is 12.2. The maximum absolute atomic E-state index is 12.2. The van der Waals surface area contributed by atoms with E-state index in [2.05, 4.69) is 45.9 Å². The summed E-state index contributed by atoms with van der Waals surface area (Å²) in [4.78, 5) is 16.7. The molecular formula is C16H24BrN3O2Si. The molecule has 0 aromatic carbocycles. The van der Waals surface area contributed by atoms with Gasteiger partial charge in [0, 0.05) is 43.5 Å². The molecule has 126 valence electrons. The SMILES string of the molecule is CCNC(=O)c1cn(COCC[Si](C)(C)C)c2ncc(Br)cc12. The fraction of sp³-hybridized carbons (Fsp3) is 0.500. The van der Waals surface area contributed by atoms with Crippen LogP contribution in [0.1, 0.15) is 17.3 Å². The Hall–Kier alpha value is -1.18. The summed E-state index contributed by atoms with van der Waals surface area (Å²) < 4.78 is 8.56. The lowest BCUT2D eigenvalue weighted by atomic mass is 10.2. The molecule has 0 saturated heterocycles. The van der Waals surface area contributed by atoms with Crippen molar-refractivity contribution in [3.8, 4) is 0 Å². The number of hydrogen-bond donors (Lipinski definition) is 1. The van der Waals surface area contributed by atoms with E-state index in [9.17, 15) is 4.79 Å². The Morgan fingerprint density at radius 3 is 2.83 bits per heavy atom. The fourth-order valence-electron chi connectivity index (χ4n) is 2.22. The van der Waals surface area contributed by atoms with Crippen molar-refractivity contribution in [1.82, 2.24) is 14.9 Å². The molecule has 2 rings (SSSR count). The van der Waals surface area contributed by atoms with Crippen LogP contribution < -0.4 is 5.32 Å². The van der Waals surface area contributed by atoms with Gasteiger partial charge in [0.05, 0.1) is 5.56 Å². The zero-order valence-electron chi connectivity index (χ0n) is 14.1. The van der Waals surface area contributed by atoms with Gasteiger partial charge < -0.3 is 14.6 Å². The van der Waals surface area contributed by atoms with Crippen LogP contribution in [0.5, 0.6) is 0 Å². The minimum atomic E-state index is -1.10. The standard InChI is InChI=1S/C16H24BrN3O2Si/c1-5-18-16(21)14-10-20(11-22-6-7-23(2,3)4)15-13(14)8-12(17)9-19-15/h8-10H,5-7,11H2,1-4H3,(H,18,21). The van der Waals surface area contributed by atoms with Gasteiger partial charge in [0.25, 0.3) is 5.91 Å². The Bertz CT molecular complexity index is 694. The van der Waals surface area contributed by atoms with Crippen molar-refractivity contribution in [3.05, 3.63) is 28.5 Å². The van der Waals surface area contributed by atoms with E-state index < -0.39 is 8.07 Å². The molecule has 5 nitrogen and oxygen atoms in total. The van der Waals surface area contributed by atoms with Gasteiger partial charge in [-0.1, -0.05) is 19.6 Å². The van der Waals surface area contributed by atoms with Crippen molar-refractivity contribution < 1.29 is 9.53 Å². The van der Waals surface area contributed by atoms with Crippen LogP contribution in [-0.2, 0) is 11.5 Å². The normalized spacial score (nSPS) is 11.9. The second-order valence-corrected chi connectivity index (χ2v) is 13.3. The highest BCUT2D eigenvalue weighted by Crippen LogP contribution is 2.23. The van der Waals surface area contributed by atoms with Gasteiger partial charge in [-0.25, -0.2) is 4.98 Å². The van der Waals surface area contributed by atoms with Crippen LogP contribution in [0, 0.1) is 0 Å². The minimum absolute atomic E-state index is 0.0850. The molecule has 0 saturated carbocycles. The summed E-state index contributed by atoms with van der Waals surface area (Å²) in [5.41, 5.74) is 1.40. The Kier molecular flexibility index (Phi) is 5.99. The van der Waals surface area contributed by atoms with Crippen LogP contribution in [0.25, 0.3) is 11.0 Å². The molecule has 0 aliphatic rings. The third-order valence-electron chi connectivity index (χ3n) is 3.49. The van der Waals surface area contributed by atoms with Crippen molar-refractivity contribution in [3.63, 3.8) is 0 Å². The predicted octanol–water partition coefficient (Wildman–Crippen LogP) is 3.86. The topological polar surface area (TPSA) is 56.2 Å². The summed E-state index contributed by atoms with van der Waals surface area (Å²) >= 11 is 3.42. The summed E-state index contributed by atoms with van der Waals surface area (Å²) in [7, 11) is -1.10. The van der Waals surface area contributed by atoms with Gasteiger partial charge in [0.15, 0.2) is 0 Å². The van der Waals surface area contributed by atoms with E-state index in [1.165, 1.54) is 0 Å². The van der Waals surface area contributed by atoms with E-state index in [4.69, 9.17) is 4.74 Å². The number of halogens is 1. The number of carbonyl (C=O) groups is 1. The van der Waals surface area contributed by atoms with Gasteiger partial charge in [0.1, 0.15) is 12.4 Å². The van der Waals surface area contributed by atoms with Crippen molar-refractivity contribution >= 4 is 40.9 Å². The van der Waals surface area contributed by atoms with E-state index in [0.29, 0.717) is 18.8 Å². The summed E-state index contributed by atoms with van der Waals surface area (Å²) in [6.45, 7) is 10.6. The molecule has 2 aromatic rings. The Morgan fingerprint density at radius 2 is 2.17 bits per heavy atom. The van der Waals surface area contributed by atoms with Gasteiger partial charge in [-0.3, -0.25) is 4.79 Å². The Labute approximate surface area is 146 Å². The number of nitrogens with zero attached hydrogens (tertiary/aromatic N) is 2. The van der Waals surface area contributed by atoms with Gasteiger partial charge in [0.2, 0.25) is 0 Å². The third kappa shape index (κ3) is 4.89. The number of fused-ring (bicyclic) bond motifs is 1. The fourth-order valence-corrected chi connectivity index (χ4v) is 3.31. The van der Waals surface area contributed by atoms with Crippen LogP contribution in [0.4, 0.5) is 0 Å². The number of hydrogen-bond acceptors (Lipinski definition) is 3. The first kappa shape index (κ1) is 18.2. The number of nitrogens with one attached hydrogen (secondary N) is 1. The Morgan fingerprint density at radius 1 is 1.43 bits per heavy atom. The molecule has 2 aromatic heterocycles. The molecule has 23 heavy (non-hydrogen) atoms. The highest BCUT2D eigenvalue weighted by Gasteiger charge is 2.17. The number of ether oxygens (including phenoxy) is 1. The molecule has 0 spiro atoms. The first-order chi connectivity index (χ1) is 10.8. The molecule has 0 aliphatic heterocycles. The first-order valence-corrected chi connectivity index (χ1v) is 12.3. The van der Waals surface area contributed by atoms with Crippen LogP contribution in [0.2, 0.25) is 25.7 Å². The van der Waals surface area contributed by atoms with Gasteiger partial charge >= 0.3 is 0 Å². The maximum Gasteiger partial charge on any atom is 0.253 e. The number of rotatable bonds is 7. The van der Waals surface area contributed by atoms with E-state index in [0.717, 1.165) is 28.2 Å². The van der Waals surface area contributed by atoms with E-state index in [1.807, 2.05) is 23.8 Å². The largest absolute Gasteiger partial charge is 0.361 e. The third-order valence-corrected chi connectivity index (χ3v) is 5.63. The molecule has 0 fully saturated rings. The Balaban J connectivity index is 2.21. The van der Waals surface area contributed by atoms with Crippen LogP contribution in [-0.4, -0.2) is 36.7 Å². The monoisotopic (exact) mass is 397 g/mol. The average Bonchev–Trinajstić information content (AvgIpc) is 2.81. The first-order valence-electron chi connectivity index (χ1n) is 7.82. The number of amides is 1. The number of carbonyl (C=O) groups excluding carboxylic acids is 1. The smallest absolute Gasteiger partial charge is 0.253 e. The highest BCUT2D eigenvalue weighted by atomic mass is 79.9. The molecule has 0 atom stereocenters. The zero-order valence-corrected chi connectivity index (χ0v) is 16.7. The second kappa shape index (κ2) is 7.59. The molecular weight excluding hydrogens is 374 g/mol. The summed E-state index contributed by atoms with van der Waals surface area (Å²) in [6.07, 6.45) is 3.56. The molecule has 0 bridgehead atoms. The molecule has 0 unspecified atom stereocenters.